The van der Waals surface area contributed by atoms with Gasteiger partial charge >= 0.3 is 6.03 Å². The third-order valence-electron chi connectivity index (χ3n) is 3.15. The number of carbonyl (C=O) groups excluding carboxylic acids is 1. The van der Waals surface area contributed by atoms with E-state index >= 15 is 0 Å². The minimum atomic E-state index is -0.787. The van der Waals surface area contributed by atoms with Crippen LogP contribution in [0.1, 0.15) is 33.1 Å². The molecule has 2 amide bonds. The standard InChI is InChI=1S/C11H20N2O2/c1-11(2,15)8-12-7-9-5-3-4-6-13(9)10(12)14/h9,15H,3-8H2,1-2H3. The zero-order chi connectivity index (χ0) is 11.1. The lowest BCUT2D eigenvalue weighted by Gasteiger charge is -2.27. The maximum Gasteiger partial charge on any atom is 0.320 e. The fraction of sp³-hybridized carbons (Fsp3) is 0.909. The second kappa shape index (κ2) is 3.67. The van der Waals surface area contributed by atoms with Gasteiger partial charge in [-0.15, -0.1) is 0 Å². The van der Waals surface area contributed by atoms with E-state index in [0.717, 1.165) is 25.9 Å². The van der Waals surface area contributed by atoms with Crippen LogP contribution in [0.15, 0.2) is 0 Å². The van der Waals surface area contributed by atoms with Crippen molar-refractivity contribution in [2.75, 3.05) is 19.6 Å². The Hall–Kier alpha value is -0.770. The van der Waals surface area contributed by atoms with Gasteiger partial charge < -0.3 is 14.9 Å². The van der Waals surface area contributed by atoms with Gasteiger partial charge in [-0.1, -0.05) is 0 Å². The van der Waals surface area contributed by atoms with E-state index < -0.39 is 5.60 Å². The SMILES string of the molecule is CC(C)(O)CN1CC2CCCCN2C1=O. The number of fused-ring (bicyclic) bond motifs is 1. The number of amides is 2. The van der Waals surface area contributed by atoms with Crippen molar-refractivity contribution in [3.05, 3.63) is 0 Å². The van der Waals surface area contributed by atoms with Crippen LogP contribution in [-0.2, 0) is 0 Å². The highest BCUT2D eigenvalue weighted by Gasteiger charge is 2.39. The van der Waals surface area contributed by atoms with Gasteiger partial charge in [-0.05, 0) is 33.1 Å². The molecule has 0 aromatic heterocycles. The van der Waals surface area contributed by atoms with Crippen molar-refractivity contribution in [1.29, 1.82) is 0 Å². The van der Waals surface area contributed by atoms with E-state index in [9.17, 15) is 9.90 Å². The lowest BCUT2D eigenvalue weighted by Crippen LogP contribution is -2.42. The van der Waals surface area contributed by atoms with Gasteiger partial charge in [0.1, 0.15) is 0 Å². The van der Waals surface area contributed by atoms with Crippen LogP contribution in [0.3, 0.4) is 0 Å². The van der Waals surface area contributed by atoms with Crippen LogP contribution < -0.4 is 0 Å². The molecule has 0 aliphatic carbocycles. The first-order valence-electron chi connectivity index (χ1n) is 5.75. The Morgan fingerprint density at radius 2 is 2.20 bits per heavy atom. The fourth-order valence-electron chi connectivity index (χ4n) is 2.56. The zero-order valence-electron chi connectivity index (χ0n) is 9.57. The molecule has 1 N–H and O–H groups in total. The van der Waals surface area contributed by atoms with Crippen molar-refractivity contribution >= 4 is 6.03 Å². The predicted molar refractivity (Wildman–Crippen MR) is 57.6 cm³/mol. The highest BCUT2D eigenvalue weighted by atomic mass is 16.3. The summed E-state index contributed by atoms with van der Waals surface area (Å²) in [5.74, 6) is 0. The van der Waals surface area contributed by atoms with E-state index in [4.69, 9.17) is 0 Å². The summed E-state index contributed by atoms with van der Waals surface area (Å²) in [7, 11) is 0. The summed E-state index contributed by atoms with van der Waals surface area (Å²) in [6.07, 6.45) is 3.47. The van der Waals surface area contributed by atoms with Gasteiger partial charge in [0.25, 0.3) is 0 Å². The fourth-order valence-corrected chi connectivity index (χ4v) is 2.56. The molecule has 0 aromatic rings. The Bertz CT molecular complexity index is 260. The highest BCUT2D eigenvalue weighted by Crippen LogP contribution is 2.26. The van der Waals surface area contributed by atoms with Gasteiger partial charge in [0.2, 0.25) is 0 Å². The number of piperidine rings is 1. The Morgan fingerprint density at radius 3 is 2.80 bits per heavy atom. The highest BCUT2D eigenvalue weighted by molar-refractivity contribution is 5.77. The maximum atomic E-state index is 12.0. The topological polar surface area (TPSA) is 43.8 Å². The summed E-state index contributed by atoms with van der Waals surface area (Å²) in [6.45, 7) is 5.63. The first-order chi connectivity index (χ1) is 6.97. The van der Waals surface area contributed by atoms with Gasteiger partial charge in [0.05, 0.1) is 18.2 Å². The number of carbonyl (C=O) groups is 1. The summed E-state index contributed by atoms with van der Waals surface area (Å²) in [6, 6.07) is 0.510. The molecule has 2 rings (SSSR count). The summed E-state index contributed by atoms with van der Waals surface area (Å²) in [4.78, 5) is 15.7. The van der Waals surface area contributed by atoms with Crippen LogP contribution in [0.4, 0.5) is 4.79 Å². The first-order valence-corrected chi connectivity index (χ1v) is 5.75. The second-order valence-electron chi connectivity index (χ2n) is 5.32. The normalized spacial score (nSPS) is 27.1. The average molecular weight is 212 g/mol. The van der Waals surface area contributed by atoms with Gasteiger partial charge in [0, 0.05) is 13.1 Å². The molecule has 4 heteroatoms. The van der Waals surface area contributed by atoms with E-state index in [-0.39, 0.29) is 6.03 Å². The molecule has 2 fully saturated rings. The molecular weight excluding hydrogens is 192 g/mol. The van der Waals surface area contributed by atoms with E-state index in [2.05, 4.69) is 0 Å². The van der Waals surface area contributed by atoms with E-state index in [1.165, 1.54) is 6.42 Å². The number of rotatable bonds is 2. The molecule has 86 valence electrons. The molecule has 0 saturated carbocycles. The number of hydrogen-bond acceptors (Lipinski definition) is 2. The summed E-state index contributed by atoms with van der Waals surface area (Å²) in [5.41, 5.74) is -0.787. The lowest BCUT2D eigenvalue weighted by atomic mass is 10.0. The molecular formula is C11H20N2O2. The predicted octanol–water partition coefficient (Wildman–Crippen LogP) is 1.05. The minimum Gasteiger partial charge on any atom is -0.389 e. The van der Waals surface area contributed by atoms with Crippen LogP contribution in [0, 0.1) is 0 Å². The van der Waals surface area contributed by atoms with Crippen LogP contribution >= 0.6 is 0 Å². The molecule has 0 spiro atoms. The van der Waals surface area contributed by atoms with E-state index in [0.29, 0.717) is 12.6 Å². The van der Waals surface area contributed by atoms with Crippen molar-refractivity contribution < 1.29 is 9.90 Å². The molecule has 0 radical (unpaired) electrons. The van der Waals surface area contributed by atoms with Crippen LogP contribution in [0.2, 0.25) is 0 Å². The summed E-state index contributed by atoms with van der Waals surface area (Å²) in [5, 5.41) is 9.72. The molecule has 2 saturated heterocycles. The molecule has 15 heavy (non-hydrogen) atoms. The third-order valence-corrected chi connectivity index (χ3v) is 3.15. The van der Waals surface area contributed by atoms with Gasteiger partial charge in [-0.25, -0.2) is 4.79 Å². The maximum absolute atomic E-state index is 12.0. The number of nitrogens with zero attached hydrogens (tertiary/aromatic N) is 2. The lowest BCUT2D eigenvalue weighted by molar-refractivity contribution is 0.0511. The van der Waals surface area contributed by atoms with Crippen molar-refractivity contribution in [1.82, 2.24) is 9.80 Å². The molecule has 1 atom stereocenters. The summed E-state index contributed by atoms with van der Waals surface area (Å²) >= 11 is 0. The van der Waals surface area contributed by atoms with Gasteiger partial charge in [0.15, 0.2) is 0 Å². The molecule has 0 bridgehead atoms. The minimum absolute atomic E-state index is 0.113. The van der Waals surface area contributed by atoms with Crippen molar-refractivity contribution in [3.8, 4) is 0 Å². The van der Waals surface area contributed by atoms with Gasteiger partial charge in [-0.2, -0.15) is 0 Å². The molecule has 1 unspecified atom stereocenters. The average Bonchev–Trinajstić information content (AvgIpc) is 2.42. The third kappa shape index (κ3) is 2.25. The quantitative estimate of drug-likeness (QED) is 0.743. The summed E-state index contributed by atoms with van der Waals surface area (Å²) < 4.78 is 0. The van der Waals surface area contributed by atoms with Gasteiger partial charge in [-0.3, -0.25) is 0 Å². The smallest absolute Gasteiger partial charge is 0.320 e. The molecule has 4 nitrogen and oxygen atoms in total. The Balaban J connectivity index is 2.01. The Kier molecular flexibility index (Phi) is 2.63. The number of β-amino-alcohol motifs (C(OH)–C–C–N with tert-alkyl or cyclic N) is 1. The molecule has 2 aliphatic heterocycles. The first kappa shape index (κ1) is 10.7. The monoisotopic (exact) mass is 212 g/mol. The number of urea groups is 1. The zero-order valence-corrected chi connectivity index (χ0v) is 9.57. The second-order valence-corrected chi connectivity index (χ2v) is 5.32. The molecule has 2 aliphatic rings. The molecule has 0 aromatic carbocycles. The number of hydrogen-bond donors (Lipinski definition) is 1. The Morgan fingerprint density at radius 1 is 1.47 bits per heavy atom. The van der Waals surface area contributed by atoms with Crippen LogP contribution in [-0.4, -0.2) is 52.2 Å². The van der Waals surface area contributed by atoms with Crippen molar-refractivity contribution in [3.63, 3.8) is 0 Å². The van der Waals surface area contributed by atoms with Crippen molar-refractivity contribution in [2.24, 2.45) is 0 Å². The van der Waals surface area contributed by atoms with Crippen LogP contribution in [0.5, 0.6) is 0 Å². The largest absolute Gasteiger partial charge is 0.389 e. The van der Waals surface area contributed by atoms with E-state index in [1.54, 1.807) is 18.7 Å². The van der Waals surface area contributed by atoms with E-state index in [1.807, 2.05) is 4.90 Å². The Labute approximate surface area is 90.9 Å². The van der Waals surface area contributed by atoms with Crippen molar-refractivity contribution in [2.45, 2.75) is 44.8 Å². The van der Waals surface area contributed by atoms with Crippen LogP contribution in [0.25, 0.3) is 0 Å². The number of aliphatic hydroxyl groups is 1. The molecule has 2 heterocycles.